The summed E-state index contributed by atoms with van der Waals surface area (Å²) >= 11 is 3.37. The highest BCUT2D eigenvalue weighted by atomic mass is 79.9. The zero-order chi connectivity index (χ0) is 15.9. The molecule has 22 heavy (non-hydrogen) atoms. The summed E-state index contributed by atoms with van der Waals surface area (Å²) in [6, 6.07) is 17.6. The Balaban J connectivity index is 1.96. The third-order valence-corrected chi connectivity index (χ3v) is 3.84. The first kappa shape index (κ1) is 16.6. The molecule has 0 atom stereocenters. The van der Waals surface area contributed by atoms with Gasteiger partial charge in [0.2, 0.25) is 0 Å². The maximum Gasteiger partial charge on any atom is 0.261 e. The van der Waals surface area contributed by atoms with E-state index in [9.17, 15) is 4.79 Å². The van der Waals surface area contributed by atoms with Gasteiger partial charge in [0.05, 0.1) is 0 Å². The molecule has 0 radical (unpaired) electrons. The molecule has 0 saturated heterocycles. The van der Waals surface area contributed by atoms with Gasteiger partial charge in [-0.15, -0.1) is 0 Å². The molecule has 2 rings (SSSR count). The van der Waals surface area contributed by atoms with Gasteiger partial charge < -0.3 is 9.64 Å². The third kappa shape index (κ3) is 4.88. The van der Waals surface area contributed by atoms with Crippen molar-refractivity contribution in [1.82, 2.24) is 4.90 Å². The molecule has 4 heteroatoms. The number of nitrogens with zero attached hydrogens (tertiary/aromatic N) is 1. The number of hydrogen-bond acceptors (Lipinski definition) is 2. The van der Waals surface area contributed by atoms with Crippen LogP contribution in [-0.4, -0.2) is 23.5 Å². The highest BCUT2D eigenvalue weighted by Gasteiger charge is 2.17. The number of hydrogen-bond donors (Lipinski definition) is 0. The molecule has 3 nitrogen and oxygen atoms in total. The molecule has 0 aromatic heterocycles. The van der Waals surface area contributed by atoms with Crippen LogP contribution in [0.25, 0.3) is 0 Å². The highest BCUT2D eigenvalue weighted by Crippen LogP contribution is 2.16. The largest absolute Gasteiger partial charge is 0.484 e. The van der Waals surface area contributed by atoms with Crippen LogP contribution >= 0.6 is 15.9 Å². The Kier molecular flexibility index (Phi) is 6.01. The average molecular weight is 362 g/mol. The van der Waals surface area contributed by atoms with Gasteiger partial charge in [0.25, 0.3) is 5.91 Å². The summed E-state index contributed by atoms with van der Waals surface area (Å²) < 4.78 is 6.56. The van der Waals surface area contributed by atoms with E-state index in [2.05, 4.69) is 15.9 Å². The van der Waals surface area contributed by atoms with Crippen molar-refractivity contribution in [3.05, 3.63) is 64.6 Å². The van der Waals surface area contributed by atoms with Crippen molar-refractivity contribution in [3.63, 3.8) is 0 Å². The summed E-state index contributed by atoms with van der Waals surface area (Å²) in [7, 11) is 0. The molecule has 0 bridgehead atoms. The lowest BCUT2D eigenvalue weighted by molar-refractivity contribution is -0.135. The predicted molar refractivity (Wildman–Crippen MR) is 91.8 cm³/mol. The van der Waals surface area contributed by atoms with Crippen LogP contribution in [0.2, 0.25) is 0 Å². The van der Waals surface area contributed by atoms with Crippen LogP contribution in [0.1, 0.15) is 19.4 Å². The summed E-state index contributed by atoms with van der Waals surface area (Å²) in [5.74, 6) is 0.682. The van der Waals surface area contributed by atoms with E-state index in [0.29, 0.717) is 12.3 Å². The van der Waals surface area contributed by atoms with Crippen molar-refractivity contribution in [3.8, 4) is 5.75 Å². The second-order valence-electron chi connectivity index (χ2n) is 5.34. The lowest BCUT2D eigenvalue weighted by Crippen LogP contribution is -2.39. The number of benzene rings is 2. The normalized spacial score (nSPS) is 10.5. The second-order valence-corrected chi connectivity index (χ2v) is 6.26. The number of carbonyl (C=O) groups excluding carboxylic acids is 1. The minimum atomic E-state index is -0.0122. The SMILES string of the molecule is CC(C)N(Cc1ccccc1)C(=O)COc1ccc(Br)cc1. The molecule has 0 saturated carbocycles. The van der Waals surface area contributed by atoms with E-state index in [1.165, 1.54) is 0 Å². The van der Waals surface area contributed by atoms with Gasteiger partial charge in [-0.3, -0.25) is 4.79 Å². The standard InChI is InChI=1S/C18H20BrNO2/c1-14(2)20(12-15-6-4-3-5-7-15)18(21)13-22-17-10-8-16(19)9-11-17/h3-11,14H,12-13H2,1-2H3. The van der Waals surface area contributed by atoms with Crippen LogP contribution < -0.4 is 4.74 Å². The fraction of sp³-hybridized carbons (Fsp3) is 0.278. The van der Waals surface area contributed by atoms with Crippen LogP contribution in [0.15, 0.2) is 59.1 Å². The first-order valence-electron chi connectivity index (χ1n) is 7.28. The minimum absolute atomic E-state index is 0.0122. The van der Waals surface area contributed by atoms with Crippen molar-refractivity contribution < 1.29 is 9.53 Å². The lowest BCUT2D eigenvalue weighted by Gasteiger charge is -2.27. The molecule has 0 unspecified atom stereocenters. The van der Waals surface area contributed by atoms with Crippen LogP contribution in [0.5, 0.6) is 5.75 Å². The van der Waals surface area contributed by atoms with Crippen LogP contribution in [-0.2, 0) is 11.3 Å². The van der Waals surface area contributed by atoms with Gasteiger partial charge in [-0.05, 0) is 43.7 Å². The van der Waals surface area contributed by atoms with Crippen molar-refractivity contribution in [2.45, 2.75) is 26.4 Å². The lowest BCUT2D eigenvalue weighted by atomic mass is 10.2. The molecular formula is C18H20BrNO2. The Morgan fingerprint density at radius 3 is 2.32 bits per heavy atom. The molecule has 1 amide bonds. The number of amides is 1. The highest BCUT2D eigenvalue weighted by molar-refractivity contribution is 9.10. The van der Waals surface area contributed by atoms with E-state index in [0.717, 1.165) is 10.0 Å². The Morgan fingerprint density at radius 2 is 1.73 bits per heavy atom. The van der Waals surface area contributed by atoms with Gasteiger partial charge in [-0.1, -0.05) is 46.3 Å². The van der Waals surface area contributed by atoms with E-state index in [4.69, 9.17) is 4.74 Å². The molecule has 0 aliphatic heterocycles. The van der Waals surface area contributed by atoms with Crippen molar-refractivity contribution in [2.75, 3.05) is 6.61 Å². The zero-order valence-electron chi connectivity index (χ0n) is 12.8. The summed E-state index contributed by atoms with van der Waals surface area (Å²) in [6.45, 7) is 4.68. The minimum Gasteiger partial charge on any atom is -0.484 e. The number of halogens is 1. The van der Waals surface area contributed by atoms with E-state index in [-0.39, 0.29) is 18.6 Å². The van der Waals surface area contributed by atoms with E-state index < -0.39 is 0 Å². The molecule has 0 fully saturated rings. The number of rotatable bonds is 6. The molecule has 0 aliphatic rings. The molecule has 0 N–H and O–H groups in total. The van der Waals surface area contributed by atoms with E-state index in [1.807, 2.05) is 73.3 Å². The topological polar surface area (TPSA) is 29.5 Å². The van der Waals surface area contributed by atoms with Gasteiger partial charge >= 0.3 is 0 Å². The van der Waals surface area contributed by atoms with Gasteiger partial charge in [0, 0.05) is 17.1 Å². The van der Waals surface area contributed by atoms with Crippen LogP contribution in [0.4, 0.5) is 0 Å². The zero-order valence-corrected chi connectivity index (χ0v) is 14.4. The Bertz CT molecular complexity index is 596. The van der Waals surface area contributed by atoms with Crippen molar-refractivity contribution >= 4 is 21.8 Å². The van der Waals surface area contributed by atoms with E-state index >= 15 is 0 Å². The van der Waals surface area contributed by atoms with Crippen molar-refractivity contribution in [1.29, 1.82) is 0 Å². The number of ether oxygens (including phenoxy) is 1. The summed E-state index contributed by atoms with van der Waals surface area (Å²) in [6.07, 6.45) is 0. The maximum absolute atomic E-state index is 12.4. The first-order chi connectivity index (χ1) is 10.6. The third-order valence-electron chi connectivity index (χ3n) is 3.32. The fourth-order valence-electron chi connectivity index (χ4n) is 2.10. The summed E-state index contributed by atoms with van der Waals surface area (Å²) in [5, 5.41) is 0. The van der Waals surface area contributed by atoms with Gasteiger partial charge in [-0.2, -0.15) is 0 Å². The molecule has 0 aliphatic carbocycles. The molecular weight excluding hydrogens is 342 g/mol. The predicted octanol–water partition coefficient (Wildman–Crippen LogP) is 4.27. The fourth-order valence-corrected chi connectivity index (χ4v) is 2.36. The summed E-state index contributed by atoms with van der Waals surface area (Å²) in [5.41, 5.74) is 1.12. The number of carbonyl (C=O) groups is 1. The Hall–Kier alpha value is -1.81. The van der Waals surface area contributed by atoms with Crippen molar-refractivity contribution in [2.24, 2.45) is 0 Å². The first-order valence-corrected chi connectivity index (χ1v) is 8.07. The van der Waals surface area contributed by atoms with Gasteiger partial charge in [0.15, 0.2) is 6.61 Å². The molecule has 0 spiro atoms. The van der Waals surface area contributed by atoms with E-state index in [1.54, 1.807) is 0 Å². The Morgan fingerprint density at radius 1 is 1.09 bits per heavy atom. The van der Waals surface area contributed by atoms with Gasteiger partial charge in [-0.25, -0.2) is 0 Å². The second kappa shape index (κ2) is 7.99. The average Bonchev–Trinajstić information content (AvgIpc) is 2.52. The quantitative estimate of drug-likeness (QED) is 0.768. The molecule has 116 valence electrons. The molecule has 0 heterocycles. The monoisotopic (exact) mass is 361 g/mol. The van der Waals surface area contributed by atoms with Crippen LogP contribution in [0.3, 0.4) is 0 Å². The Labute approximate surface area is 140 Å². The van der Waals surface area contributed by atoms with Gasteiger partial charge in [0.1, 0.15) is 5.75 Å². The van der Waals surface area contributed by atoms with Crippen LogP contribution in [0, 0.1) is 0 Å². The molecule has 2 aromatic carbocycles. The maximum atomic E-state index is 12.4. The summed E-state index contributed by atoms with van der Waals surface area (Å²) in [4.78, 5) is 14.2. The smallest absolute Gasteiger partial charge is 0.261 e. The molecule has 2 aromatic rings.